The molecule has 0 aromatic heterocycles. The molecule has 3 unspecified atom stereocenters. The third-order valence-electron chi connectivity index (χ3n) is 7.84. The molecule has 6 heteroatoms. The van der Waals surface area contributed by atoms with Crippen LogP contribution in [0, 0.1) is 22.7 Å². The van der Waals surface area contributed by atoms with Crippen molar-refractivity contribution in [2.75, 3.05) is 0 Å². The first-order chi connectivity index (χ1) is 13.5. The highest BCUT2D eigenvalue weighted by molar-refractivity contribution is 5.83. The Labute approximate surface area is 179 Å². The highest BCUT2D eigenvalue weighted by Gasteiger charge is 2.56. The summed E-state index contributed by atoms with van der Waals surface area (Å²) in [6.07, 6.45) is 4.38. The minimum absolute atomic E-state index is 0.0483. The van der Waals surface area contributed by atoms with Crippen LogP contribution in [0.15, 0.2) is 12.2 Å². The predicted molar refractivity (Wildman–Crippen MR) is 112 cm³/mol. The molecule has 2 N–H and O–H groups in total. The van der Waals surface area contributed by atoms with Crippen LogP contribution in [0.25, 0.3) is 0 Å². The zero-order valence-corrected chi connectivity index (χ0v) is 19.1. The van der Waals surface area contributed by atoms with E-state index in [2.05, 4.69) is 13.8 Å². The highest BCUT2D eigenvalue weighted by atomic mass is 19.4. The van der Waals surface area contributed by atoms with Gasteiger partial charge in [0.15, 0.2) is 5.60 Å². The zero-order chi connectivity index (χ0) is 23.0. The maximum absolute atomic E-state index is 13.0. The summed E-state index contributed by atoms with van der Waals surface area (Å²) in [4.78, 5) is 12.5. The number of hydrogen-bond acceptors (Lipinski definition) is 3. The molecule has 0 amide bonds. The summed E-state index contributed by atoms with van der Waals surface area (Å²) < 4.78 is 39.1. The summed E-state index contributed by atoms with van der Waals surface area (Å²) in [5, 5.41) is 19.9. The molecule has 0 radical (unpaired) electrons. The molecule has 0 bridgehead atoms. The minimum Gasteiger partial charge on any atom is -0.390 e. The van der Waals surface area contributed by atoms with Crippen LogP contribution < -0.4 is 0 Å². The van der Waals surface area contributed by atoms with Gasteiger partial charge in [-0.2, -0.15) is 13.2 Å². The van der Waals surface area contributed by atoms with Crippen molar-refractivity contribution in [3.63, 3.8) is 0 Å². The van der Waals surface area contributed by atoms with Crippen molar-refractivity contribution in [3.8, 4) is 0 Å². The number of Topliss-reactive ketones (excluding diaryl/α,β-unsaturated/α-hetero) is 1. The molecule has 0 spiro atoms. The average Bonchev–Trinajstić information content (AvgIpc) is 2.91. The summed E-state index contributed by atoms with van der Waals surface area (Å²) >= 11 is 0. The Kier molecular flexibility index (Phi) is 7.25. The second-order valence-corrected chi connectivity index (χ2v) is 11.1. The normalized spacial score (nSPS) is 32.1. The van der Waals surface area contributed by atoms with Crippen LogP contribution in [0.5, 0.6) is 0 Å². The van der Waals surface area contributed by atoms with Gasteiger partial charge in [-0.25, -0.2) is 0 Å². The molecule has 0 aliphatic heterocycles. The summed E-state index contributed by atoms with van der Waals surface area (Å²) in [5.74, 6) is 0.606. The fourth-order valence-corrected chi connectivity index (χ4v) is 6.07. The van der Waals surface area contributed by atoms with Gasteiger partial charge in [0, 0.05) is 12.3 Å². The molecule has 2 aliphatic carbocycles. The standard InChI is InChI=1S/C24H39F3O3/c1-20(2,29)12-7-13-21(3,14-8-16-23(5,30)24(25,26)27)19-11-10-17-18(28)9-6-15-22(17,19)4/h8,16-17,19,29-30H,6-7,9-15H2,1-5H3/b16-8+/t17?,19?,21-,22+,23?/m1/s1. The Morgan fingerprint density at radius 3 is 2.30 bits per heavy atom. The summed E-state index contributed by atoms with van der Waals surface area (Å²) in [6.45, 7) is 8.59. The van der Waals surface area contributed by atoms with E-state index in [9.17, 15) is 28.2 Å². The van der Waals surface area contributed by atoms with Gasteiger partial charge in [0.1, 0.15) is 5.78 Å². The fraction of sp³-hybridized carbons (Fsp3) is 0.875. The second kappa shape index (κ2) is 8.57. The minimum atomic E-state index is -4.72. The first-order valence-electron chi connectivity index (χ1n) is 11.2. The average molecular weight is 433 g/mol. The van der Waals surface area contributed by atoms with Crippen LogP contribution in [-0.4, -0.2) is 33.4 Å². The maximum atomic E-state index is 13.0. The third-order valence-corrected chi connectivity index (χ3v) is 7.84. The molecular weight excluding hydrogens is 393 g/mol. The van der Waals surface area contributed by atoms with Gasteiger partial charge < -0.3 is 10.2 Å². The number of halogens is 3. The van der Waals surface area contributed by atoms with Crippen LogP contribution in [0.3, 0.4) is 0 Å². The summed E-state index contributed by atoms with van der Waals surface area (Å²) in [7, 11) is 0. The molecule has 2 fully saturated rings. The SMILES string of the molecule is CC(C)(O)CCC[C@](C)(C/C=C/C(C)(O)C(F)(F)F)C1CCC2C(=O)CCC[C@@]21C. The number of fused-ring (bicyclic) bond motifs is 1. The number of aliphatic hydroxyl groups is 2. The van der Waals surface area contributed by atoms with E-state index in [0.717, 1.165) is 51.5 Å². The topological polar surface area (TPSA) is 57.5 Å². The number of rotatable bonds is 8. The van der Waals surface area contributed by atoms with Crippen molar-refractivity contribution in [2.24, 2.45) is 22.7 Å². The van der Waals surface area contributed by atoms with Gasteiger partial charge in [-0.1, -0.05) is 26.3 Å². The number of alkyl halides is 3. The summed E-state index contributed by atoms with van der Waals surface area (Å²) in [6, 6.07) is 0. The lowest BCUT2D eigenvalue weighted by Gasteiger charge is -2.48. The van der Waals surface area contributed by atoms with Gasteiger partial charge in [-0.3, -0.25) is 4.79 Å². The van der Waals surface area contributed by atoms with Gasteiger partial charge in [-0.15, -0.1) is 0 Å². The van der Waals surface area contributed by atoms with E-state index in [1.165, 1.54) is 6.08 Å². The van der Waals surface area contributed by atoms with E-state index in [1.807, 2.05) is 0 Å². The molecule has 2 aliphatic rings. The van der Waals surface area contributed by atoms with Gasteiger partial charge in [0.25, 0.3) is 0 Å². The molecule has 0 saturated heterocycles. The van der Waals surface area contributed by atoms with E-state index in [0.29, 0.717) is 25.0 Å². The van der Waals surface area contributed by atoms with Crippen molar-refractivity contribution in [1.29, 1.82) is 0 Å². The van der Waals surface area contributed by atoms with Crippen LogP contribution >= 0.6 is 0 Å². The predicted octanol–water partition coefficient (Wildman–Crippen LogP) is 5.98. The Bertz CT molecular complexity index is 647. The number of hydrogen-bond donors (Lipinski definition) is 2. The molecule has 0 aromatic rings. The van der Waals surface area contributed by atoms with Crippen molar-refractivity contribution < 1.29 is 28.2 Å². The molecular formula is C24H39F3O3. The largest absolute Gasteiger partial charge is 0.420 e. The van der Waals surface area contributed by atoms with Crippen molar-refractivity contribution in [1.82, 2.24) is 0 Å². The molecule has 30 heavy (non-hydrogen) atoms. The Balaban J connectivity index is 2.26. The lowest BCUT2D eigenvalue weighted by atomic mass is 9.56. The van der Waals surface area contributed by atoms with E-state index in [-0.39, 0.29) is 22.7 Å². The Morgan fingerprint density at radius 2 is 1.73 bits per heavy atom. The first kappa shape index (κ1) is 25.4. The highest BCUT2D eigenvalue weighted by Crippen LogP contribution is 2.61. The van der Waals surface area contributed by atoms with Gasteiger partial charge in [0.2, 0.25) is 0 Å². The second-order valence-electron chi connectivity index (χ2n) is 11.1. The van der Waals surface area contributed by atoms with Gasteiger partial charge in [0.05, 0.1) is 5.60 Å². The number of ketones is 1. The van der Waals surface area contributed by atoms with Gasteiger partial charge in [-0.05, 0) is 88.5 Å². The first-order valence-corrected chi connectivity index (χ1v) is 11.2. The van der Waals surface area contributed by atoms with E-state index in [4.69, 9.17) is 0 Å². The molecule has 3 nitrogen and oxygen atoms in total. The number of carbonyl (C=O) groups excluding carboxylic acids is 1. The Morgan fingerprint density at radius 1 is 1.10 bits per heavy atom. The zero-order valence-electron chi connectivity index (χ0n) is 19.1. The summed E-state index contributed by atoms with van der Waals surface area (Å²) in [5.41, 5.74) is -4.08. The number of allylic oxidation sites excluding steroid dienone is 1. The van der Waals surface area contributed by atoms with Crippen LogP contribution in [0.1, 0.15) is 92.4 Å². The van der Waals surface area contributed by atoms with Crippen LogP contribution in [0.2, 0.25) is 0 Å². The quantitative estimate of drug-likeness (QED) is 0.464. The fourth-order valence-electron chi connectivity index (χ4n) is 6.07. The van der Waals surface area contributed by atoms with Crippen molar-refractivity contribution in [3.05, 3.63) is 12.2 Å². The third kappa shape index (κ3) is 5.48. The monoisotopic (exact) mass is 432 g/mol. The smallest absolute Gasteiger partial charge is 0.390 e. The lowest BCUT2D eigenvalue weighted by Crippen LogP contribution is -2.43. The molecule has 5 atom stereocenters. The van der Waals surface area contributed by atoms with Crippen molar-refractivity contribution in [2.45, 2.75) is 110 Å². The van der Waals surface area contributed by atoms with Gasteiger partial charge >= 0.3 is 6.18 Å². The van der Waals surface area contributed by atoms with Crippen LogP contribution in [0.4, 0.5) is 13.2 Å². The van der Waals surface area contributed by atoms with E-state index in [1.54, 1.807) is 13.8 Å². The van der Waals surface area contributed by atoms with E-state index < -0.39 is 17.4 Å². The lowest BCUT2D eigenvalue weighted by molar-refractivity contribution is -0.232. The maximum Gasteiger partial charge on any atom is 0.420 e. The van der Waals surface area contributed by atoms with E-state index >= 15 is 0 Å². The molecule has 0 aromatic carbocycles. The molecule has 2 saturated carbocycles. The molecule has 0 heterocycles. The Hall–Kier alpha value is -0.880. The molecule has 2 rings (SSSR count). The number of carbonyl (C=O) groups is 1. The van der Waals surface area contributed by atoms with Crippen LogP contribution in [-0.2, 0) is 4.79 Å². The molecule has 174 valence electrons. The van der Waals surface area contributed by atoms with Crippen molar-refractivity contribution >= 4 is 5.78 Å².